The Labute approximate surface area is 241 Å². The van der Waals surface area contributed by atoms with E-state index in [1.807, 2.05) is 13.8 Å². The molecule has 0 spiro atoms. The molecule has 5 nitrogen and oxygen atoms in total. The van der Waals surface area contributed by atoms with Crippen LogP contribution >= 0.6 is 11.8 Å². The van der Waals surface area contributed by atoms with Crippen molar-refractivity contribution in [2.24, 2.45) is 0 Å². The molecule has 0 atom stereocenters. The smallest absolute Gasteiger partial charge is 0.341 e. The number of hydrogen-bond donors (Lipinski definition) is 2. The first-order chi connectivity index (χ1) is 18.9. The third kappa shape index (κ3) is 17.3. The molecule has 0 aliphatic heterocycles. The zero-order valence-electron chi connectivity index (χ0n) is 24.2. The lowest BCUT2D eigenvalue weighted by Crippen LogP contribution is -2.45. The highest BCUT2D eigenvalue weighted by atomic mass is 32.2. The summed E-state index contributed by atoms with van der Waals surface area (Å²) in [6, 6.07) is 0. The minimum atomic E-state index is -0.708. The van der Waals surface area contributed by atoms with Crippen LogP contribution in [0, 0.1) is 0 Å². The number of amides is 1. The summed E-state index contributed by atoms with van der Waals surface area (Å²) in [7, 11) is 0. The van der Waals surface area contributed by atoms with Crippen molar-refractivity contribution in [3.63, 3.8) is 0 Å². The van der Waals surface area contributed by atoms with E-state index in [1.165, 1.54) is 12.2 Å². The predicted molar refractivity (Wildman–Crippen MR) is 169 cm³/mol. The molecule has 0 fully saturated rings. The fourth-order valence-corrected chi connectivity index (χ4v) is 4.73. The minimum absolute atomic E-state index is 0.000543. The lowest BCUT2D eigenvalue weighted by molar-refractivity contribution is -0.139. The van der Waals surface area contributed by atoms with E-state index in [9.17, 15) is 14.7 Å². The van der Waals surface area contributed by atoms with Gasteiger partial charge in [-0.1, -0.05) is 101 Å². The van der Waals surface area contributed by atoms with E-state index in [0.29, 0.717) is 12.8 Å². The summed E-state index contributed by atoms with van der Waals surface area (Å²) in [5, 5.41) is 12.4. The Bertz CT molecular complexity index is 905. The van der Waals surface area contributed by atoms with Gasteiger partial charge in [0.1, 0.15) is 17.9 Å². The topological polar surface area (TPSA) is 75.6 Å². The van der Waals surface area contributed by atoms with E-state index in [2.05, 4.69) is 86.2 Å². The number of ether oxygens (including phenoxy) is 1. The number of hydrogen-bond acceptors (Lipinski definition) is 5. The molecule has 0 heterocycles. The van der Waals surface area contributed by atoms with Crippen LogP contribution in [-0.2, 0) is 14.3 Å². The average Bonchev–Trinajstić information content (AvgIpc) is 2.93. The molecule has 0 aromatic rings. The lowest BCUT2D eigenvalue weighted by Gasteiger charge is -2.29. The molecule has 0 saturated heterocycles. The molecular formula is C33H49NO4S. The highest BCUT2D eigenvalue weighted by Gasteiger charge is 2.34. The number of esters is 1. The predicted octanol–water partition coefficient (Wildman–Crippen LogP) is 8.26. The molecule has 2 N–H and O–H groups in total. The molecule has 0 aliphatic carbocycles. The van der Waals surface area contributed by atoms with Gasteiger partial charge in [-0.15, -0.1) is 11.8 Å². The second-order valence-electron chi connectivity index (χ2n) is 8.70. The van der Waals surface area contributed by atoms with Crippen LogP contribution in [0.5, 0.6) is 0 Å². The van der Waals surface area contributed by atoms with Crippen molar-refractivity contribution in [3.8, 4) is 0 Å². The SMILES string of the molecule is C=C/C=C(\C(=C)O)C(=O)OCCNC(=O)C(CC)(CC)SCC/C=C\C/C=C\C/C=C\C/C=C\C/C=C\CC. The van der Waals surface area contributed by atoms with Crippen molar-refractivity contribution in [2.45, 2.75) is 76.9 Å². The second-order valence-corrected chi connectivity index (χ2v) is 10.2. The molecule has 0 bridgehead atoms. The largest absolute Gasteiger partial charge is 0.508 e. The summed E-state index contributed by atoms with van der Waals surface area (Å²) in [6.07, 6.45) is 31.8. The molecule has 0 radical (unpaired) electrons. The average molecular weight is 556 g/mol. The van der Waals surface area contributed by atoms with Crippen LogP contribution in [0.3, 0.4) is 0 Å². The maximum atomic E-state index is 12.9. The molecule has 1 amide bonds. The van der Waals surface area contributed by atoms with Crippen LogP contribution in [0.15, 0.2) is 97.4 Å². The molecule has 216 valence electrons. The number of aliphatic hydroxyl groups is 1. The van der Waals surface area contributed by atoms with Crippen molar-refractivity contribution in [1.82, 2.24) is 5.32 Å². The first kappa shape index (κ1) is 36.0. The zero-order chi connectivity index (χ0) is 29.2. The van der Waals surface area contributed by atoms with Crippen LogP contribution < -0.4 is 5.32 Å². The Morgan fingerprint density at radius 3 is 1.85 bits per heavy atom. The van der Waals surface area contributed by atoms with Gasteiger partial charge in [-0.3, -0.25) is 4.79 Å². The van der Waals surface area contributed by atoms with Crippen molar-refractivity contribution in [2.75, 3.05) is 18.9 Å². The minimum Gasteiger partial charge on any atom is -0.508 e. The summed E-state index contributed by atoms with van der Waals surface area (Å²) < 4.78 is 4.61. The van der Waals surface area contributed by atoms with Gasteiger partial charge >= 0.3 is 5.97 Å². The third-order valence-electron chi connectivity index (χ3n) is 5.81. The van der Waals surface area contributed by atoms with E-state index in [1.54, 1.807) is 11.8 Å². The van der Waals surface area contributed by atoms with Gasteiger partial charge in [-0.05, 0) is 63.2 Å². The number of aliphatic hydroxyl groups excluding tert-OH is 1. The van der Waals surface area contributed by atoms with Gasteiger partial charge in [-0.25, -0.2) is 4.79 Å². The van der Waals surface area contributed by atoms with E-state index < -0.39 is 10.7 Å². The Balaban J connectivity index is 4.29. The first-order valence-electron chi connectivity index (χ1n) is 13.9. The van der Waals surface area contributed by atoms with Crippen LogP contribution in [0.2, 0.25) is 0 Å². The fourth-order valence-electron chi connectivity index (χ4n) is 3.48. The number of thioether (sulfide) groups is 1. The Morgan fingerprint density at radius 2 is 1.38 bits per heavy atom. The van der Waals surface area contributed by atoms with Crippen LogP contribution in [0.1, 0.15) is 72.1 Å². The van der Waals surface area contributed by atoms with Crippen LogP contribution in [-0.4, -0.2) is 40.6 Å². The van der Waals surface area contributed by atoms with Gasteiger partial charge in [0, 0.05) is 0 Å². The maximum absolute atomic E-state index is 12.9. The highest BCUT2D eigenvalue weighted by Crippen LogP contribution is 2.33. The van der Waals surface area contributed by atoms with E-state index in [-0.39, 0.29) is 30.4 Å². The number of carbonyl (C=O) groups is 2. The van der Waals surface area contributed by atoms with Gasteiger partial charge in [-0.2, -0.15) is 0 Å². The molecule has 0 aliphatic rings. The summed E-state index contributed by atoms with van der Waals surface area (Å²) in [6.45, 7) is 13.2. The molecule has 0 rings (SSSR count). The molecule has 0 aromatic heterocycles. The molecule has 0 unspecified atom stereocenters. The standard InChI is InChI=1S/C33H49NO4S/c1-6-10-11-12-13-14-15-16-17-18-19-20-21-22-23-24-28-39-33(8-3,9-4)32(37)34-26-27-38-31(36)30(25-7-2)29(5)35/h7,10-11,13-14,16-17,19-20,22-23,25,35H,2,5-6,8-9,12,15,18,21,24,26-28H2,1,3-4H3,(H,34,37)/b11-10-,14-13-,17-16-,20-19-,23-22-,30-25+. The molecule has 0 aromatic carbocycles. The van der Waals surface area contributed by atoms with Gasteiger partial charge in [0.05, 0.1) is 11.3 Å². The number of carbonyl (C=O) groups excluding carboxylic acids is 2. The number of nitrogens with one attached hydrogen (secondary N) is 1. The summed E-state index contributed by atoms with van der Waals surface area (Å²) in [5.41, 5.74) is -0.0570. The summed E-state index contributed by atoms with van der Waals surface area (Å²) in [5.74, 6) is -0.293. The van der Waals surface area contributed by atoms with Gasteiger partial charge in [0.15, 0.2) is 0 Å². The zero-order valence-corrected chi connectivity index (χ0v) is 25.0. The number of rotatable bonds is 22. The third-order valence-corrected chi connectivity index (χ3v) is 7.57. The quantitative estimate of drug-likeness (QED) is 0.0351. The molecular weight excluding hydrogens is 506 g/mol. The highest BCUT2D eigenvalue weighted by molar-refractivity contribution is 8.01. The van der Waals surface area contributed by atoms with Gasteiger partial charge < -0.3 is 15.2 Å². The first-order valence-corrected chi connectivity index (χ1v) is 14.9. The Morgan fingerprint density at radius 1 is 0.872 bits per heavy atom. The van der Waals surface area contributed by atoms with Crippen molar-refractivity contribution < 1.29 is 19.4 Å². The second kappa shape index (κ2) is 24.1. The van der Waals surface area contributed by atoms with Crippen LogP contribution in [0.4, 0.5) is 0 Å². The summed E-state index contributed by atoms with van der Waals surface area (Å²) in [4.78, 5) is 24.9. The molecule has 0 saturated carbocycles. The summed E-state index contributed by atoms with van der Waals surface area (Å²) >= 11 is 1.67. The maximum Gasteiger partial charge on any atom is 0.341 e. The normalized spacial score (nSPS) is 12.8. The monoisotopic (exact) mass is 555 g/mol. The Kier molecular flexibility index (Phi) is 22.2. The molecule has 6 heteroatoms. The molecule has 39 heavy (non-hydrogen) atoms. The number of allylic oxidation sites excluding steroid dienone is 12. The fraction of sp³-hybridized carbons (Fsp3) is 0.455. The van der Waals surface area contributed by atoms with Gasteiger partial charge in [0.2, 0.25) is 5.91 Å². The van der Waals surface area contributed by atoms with E-state index >= 15 is 0 Å². The lowest BCUT2D eigenvalue weighted by atomic mass is 10.0. The van der Waals surface area contributed by atoms with E-state index in [0.717, 1.165) is 44.3 Å². The van der Waals surface area contributed by atoms with Crippen molar-refractivity contribution >= 4 is 23.6 Å². The van der Waals surface area contributed by atoms with Crippen LogP contribution in [0.25, 0.3) is 0 Å². The van der Waals surface area contributed by atoms with Gasteiger partial charge in [0.25, 0.3) is 0 Å². The van der Waals surface area contributed by atoms with Crippen molar-refractivity contribution in [3.05, 3.63) is 97.4 Å². The van der Waals surface area contributed by atoms with Crippen molar-refractivity contribution in [1.29, 1.82) is 0 Å². The Hall–Kier alpha value is -2.99. The van der Waals surface area contributed by atoms with E-state index in [4.69, 9.17) is 4.74 Å².